The summed E-state index contributed by atoms with van der Waals surface area (Å²) in [5.41, 5.74) is 2.39. The maximum atomic E-state index is 12.5. The molecule has 26 heavy (non-hydrogen) atoms. The number of carbonyl (C=O) groups is 1. The van der Waals surface area contributed by atoms with E-state index in [-0.39, 0.29) is 5.91 Å². The predicted octanol–water partition coefficient (Wildman–Crippen LogP) is 5.39. The molecular weight excluding hydrogens is 373 g/mol. The molecule has 0 radical (unpaired) electrons. The Kier molecular flexibility index (Phi) is 5.61. The highest BCUT2D eigenvalue weighted by atomic mass is 35.5. The number of pyridine rings is 1. The number of rotatable bonds is 5. The molecule has 0 bridgehead atoms. The summed E-state index contributed by atoms with van der Waals surface area (Å²) in [6.07, 6.45) is 3.10. The van der Waals surface area contributed by atoms with Crippen molar-refractivity contribution in [1.82, 2.24) is 4.98 Å². The number of nitrogens with one attached hydrogen (secondary N) is 2. The van der Waals surface area contributed by atoms with E-state index in [0.29, 0.717) is 38.4 Å². The van der Waals surface area contributed by atoms with Gasteiger partial charge in [0, 0.05) is 33.7 Å². The van der Waals surface area contributed by atoms with Crippen LogP contribution in [0.15, 0.2) is 60.9 Å². The molecule has 0 unspecified atom stereocenters. The van der Waals surface area contributed by atoms with Gasteiger partial charge in [-0.05, 0) is 36.4 Å². The van der Waals surface area contributed by atoms with E-state index in [0.717, 1.165) is 0 Å². The molecule has 0 aliphatic heterocycles. The minimum Gasteiger partial charge on any atom is -0.497 e. The summed E-state index contributed by atoms with van der Waals surface area (Å²) in [5.74, 6) is 0.382. The Morgan fingerprint density at radius 3 is 2.46 bits per heavy atom. The molecule has 5 nitrogen and oxygen atoms in total. The number of methoxy groups -OCH3 is 1. The second-order valence-electron chi connectivity index (χ2n) is 5.43. The largest absolute Gasteiger partial charge is 0.497 e. The lowest BCUT2D eigenvalue weighted by Crippen LogP contribution is -2.12. The van der Waals surface area contributed by atoms with Gasteiger partial charge < -0.3 is 15.4 Å². The fraction of sp³-hybridized carbons (Fsp3) is 0.0526. The van der Waals surface area contributed by atoms with Gasteiger partial charge >= 0.3 is 0 Å². The van der Waals surface area contributed by atoms with Crippen molar-refractivity contribution in [2.75, 3.05) is 17.7 Å². The molecule has 3 rings (SSSR count). The Morgan fingerprint density at radius 2 is 1.73 bits per heavy atom. The normalized spacial score (nSPS) is 10.3. The smallest absolute Gasteiger partial charge is 0.257 e. The fourth-order valence-electron chi connectivity index (χ4n) is 2.33. The number of amides is 1. The molecule has 0 aliphatic rings. The van der Waals surface area contributed by atoms with Crippen LogP contribution in [0.3, 0.4) is 0 Å². The average molecular weight is 388 g/mol. The summed E-state index contributed by atoms with van der Waals surface area (Å²) in [6.45, 7) is 0. The third-order valence-electron chi connectivity index (χ3n) is 3.48. The van der Waals surface area contributed by atoms with E-state index in [1.54, 1.807) is 61.8 Å². The highest BCUT2D eigenvalue weighted by molar-refractivity contribution is 6.35. The molecule has 0 spiro atoms. The number of benzene rings is 2. The first-order valence-corrected chi connectivity index (χ1v) is 8.42. The third-order valence-corrected chi connectivity index (χ3v) is 3.92. The lowest BCUT2D eigenvalue weighted by molar-refractivity contribution is 0.102. The van der Waals surface area contributed by atoms with Crippen molar-refractivity contribution in [2.24, 2.45) is 0 Å². The van der Waals surface area contributed by atoms with Crippen LogP contribution in [0.5, 0.6) is 5.75 Å². The van der Waals surface area contributed by atoms with E-state index in [1.165, 1.54) is 6.20 Å². The van der Waals surface area contributed by atoms with Crippen molar-refractivity contribution in [1.29, 1.82) is 0 Å². The number of ether oxygens (including phenoxy) is 1. The second-order valence-corrected chi connectivity index (χ2v) is 6.30. The van der Waals surface area contributed by atoms with Gasteiger partial charge in [0.1, 0.15) is 5.75 Å². The highest BCUT2D eigenvalue weighted by Gasteiger charge is 2.09. The number of hydrogen-bond acceptors (Lipinski definition) is 4. The Labute approximate surface area is 160 Å². The minimum absolute atomic E-state index is 0.279. The zero-order valence-corrected chi connectivity index (χ0v) is 15.3. The zero-order chi connectivity index (χ0) is 18.5. The number of anilines is 3. The molecular formula is C19H15Cl2N3O2. The highest BCUT2D eigenvalue weighted by Crippen LogP contribution is 2.25. The van der Waals surface area contributed by atoms with Crippen LogP contribution in [0.1, 0.15) is 10.4 Å². The van der Waals surface area contributed by atoms with Crippen molar-refractivity contribution < 1.29 is 9.53 Å². The summed E-state index contributed by atoms with van der Waals surface area (Å²) >= 11 is 12.0. The Hall–Kier alpha value is -2.76. The molecule has 132 valence electrons. The van der Waals surface area contributed by atoms with Crippen LogP contribution in [-0.4, -0.2) is 18.0 Å². The molecule has 0 aliphatic carbocycles. The standard InChI is InChI=1S/C19H15Cl2N3O2/c1-26-18-4-2-3-15(9-18)24-19(25)12-5-17(11-22-10-12)23-16-7-13(20)6-14(21)8-16/h2-11,23H,1H3,(H,24,25). The molecule has 1 aromatic heterocycles. The van der Waals surface area contributed by atoms with Crippen LogP contribution in [0.4, 0.5) is 17.1 Å². The molecule has 7 heteroatoms. The molecule has 0 saturated carbocycles. The lowest BCUT2D eigenvalue weighted by Gasteiger charge is -2.10. The maximum absolute atomic E-state index is 12.5. The van der Waals surface area contributed by atoms with Crippen LogP contribution >= 0.6 is 23.2 Å². The van der Waals surface area contributed by atoms with Crippen LogP contribution < -0.4 is 15.4 Å². The van der Waals surface area contributed by atoms with Crippen LogP contribution in [0.25, 0.3) is 0 Å². The summed E-state index contributed by atoms with van der Waals surface area (Å²) in [6, 6.07) is 13.9. The van der Waals surface area contributed by atoms with Gasteiger partial charge in [0.05, 0.1) is 24.6 Å². The molecule has 1 heterocycles. The van der Waals surface area contributed by atoms with Gasteiger partial charge in [-0.25, -0.2) is 0 Å². The number of nitrogens with zero attached hydrogens (tertiary/aromatic N) is 1. The maximum Gasteiger partial charge on any atom is 0.257 e. The van der Waals surface area contributed by atoms with E-state index >= 15 is 0 Å². The molecule has 0 fully saturated rings. The van der Waals surface area contributed by atoms with Crippen molar-refractivity contribution >= 4 is 46.2 Å². The van der Waals surface area contributed by atoms with Gasteiger partial charge in [0.15, 0.2) is 0 Å². The second kappa shape index (κ2) is 8.08. The zero-order valence-electron chi connectivity index (χ0n) is 13.8. The third kappa shape index (κ3) is 4.65. The summed E-state index contributed by atoms with van der Waals surface area (Å²) in [5, 5.41) is 6.97. The van der Waals surface area contributed by atoms with Crippen molar-refractivity contribution in [3.63, 3.8) is 0 Å². The van der Waals surface area contributed by atoms with E-state index in [1.807, 2.05) is 0 Å². The Balaban J connectivity index is 1.76. The molecule has 2 N–H and O–H groups in total. The van der Waals surface area contributed by atoms with Gasteiger partial charge in [-0.3, -0.25) is 9.78 Å². The topological polar surface area (TPSA) is 63.2 Å². The van der Waals surface area contributed by atoms with Crippen molar-refractivity contribution in [3.8, 4) is 5.75 Å². The number of carbonyl (C=O) groups excluding carboxylic acids is 1. The Bertz CT molecular complexity index is 927. The van der Waals surface area contributed by atoms with Gasteiger partial charge in [0.25, 0.3) is 5.91 Å². The first kappa shape index (κ1) is 18.0. The van der Waals surface area contributed by atoms with Gasteiger partial charge in [0.2, 0.25) is 0 Å². The average Bonchev–Trinajstić information content (AvgIpc) is 2.61. The predicted molar refractivity (Wildman–Crippen MR) is 105 cm³/mol. The van der Waals surface area contributed by atoms with Crippen LogP contribution in [0, 0.1) is 0 Å². The monoisotopic (exact) mass is 387 g/mol. The van der Waals surface area contributed by atoms with Crippen LogP contribution in [-0.2, 0) is 0 Å². The first-order valence-electron chi connectivity index (χ1n) is 7.67. The SMILES string of the molecule is COc1cccc(NC(=O)c2cncc(Nc3cc(Cl)cc(Cl)c3)c2)c1. The van der Waals surface area contributed by atoms with Gasteiger partial charge in [-0.1, -0.05) is 29.3 Å². The lowest BCUT2D eigenvalue weighted by atomic mass is 10.2. The van der Waals surface area contributed by atoms with E-state index in [4.69, 9.17) is 27.9 Å². The fourth-order valence-corrected chi connectivity index (χ4v) is 2.86. The quantitative estimate of drug-likeness (QED) is 0.615. The molecule has 2 aromatic carbocycles. The van der Waals surface area contributed by atoms with E-state index < -0.39 is 0 Å². The number of halogens is 2. The summed E-state index contributed by atoms with van der Waals surface area (Å²) in [7, 11) is 1.57. The van der Waals surface area contributed by atoms with E-state index in [2.05, 4.69) is 15.6 Å². The molecule has 0 atom stereocenters. The van der Waals surface area contributed by atoms with Gasteiger partial charge in [-0.2, -0.15) is 0 Å². The molecule has 3 aromatic rings. The first-order chi connectivity index (χ1) is 12.5. The minimum atomic E-state index is -0.279. The van der Waals surface area contributed by atoms with Crippen molar-refractivity contribution in [2.45, 2.75) is 0 Å². The van der Waals surface area contributed by atoms with Crippen molar-refractivity contribution in [3.05, 3.63) is 76.5 Å². The number of hydrogen-bond donors (Lipinski definition) is 2. The molecule has 0 saturated heterocycles. The summed E-state index contributed by atoms with van der Waals surface area (Å²) < 4.78 is 5.15. The van der Waals surface area contributed by atoms with E-state index in [9.17, 15) is 4.79 Å². The van der Waals surface area contributed by atoms with Crippen LogP contribution in [0.2, 0.25) is 10.0 Å². The Morgan fingerprint density at radius 1 is 0.962 bits per heavy atom. The van der Waals surface area contributed by atoms with Gasteiger partial charge in [-0.15, -0.1) is 0 Å². The summed E-state index contributed by atoms with van der Waals surface area (Å²) in [4.78, 5) is 16.6. The molecule has 1 amide bonds. The number of aromatic nitrogens is 1.